The highest BCUT2D eigenvalue weighted by molar-refractivity contribution is 6.36. The summed E-state index contributed by atoms with van der Waals surface area (Å²) in [6.45, 7) is 0.192. The summed E-state index contributed by atoms with van der Waals surface area (Å²) in [5, 5.41) is 13.0. The number of pyridine rings is 1. The van der Waals surface area contributed by atoms with Crippen molar-refractivity contribution in [2.45, 2.75) is 19.1 Å². The standard InChI is InChI=1S/C22H17Cl3N2O4/c23-17-4-1-5-18(24)16(17)12-31-14-8-6-13(7-9-14)11-19(22(29)30)27-21(28)15-3-2-10-26-20(15)25/h1-10,19H,11-12H2,(H,27,28)(H,29,30). The zero-order valence-electron chi connectivity index (χ0n) is 16.0. The number of rotatable bonds is 8. The first-order valence-electron chi connectivity index (χ1n) is 9.14. The second-order valence-electron chi connectivity index (χ2n) is 6.54. The minimum atomic E-state index is -1.16. The molecule has 1 aromatic heterocycles. The number of carbonyl (C=O) groups excluding carboxylic acids is 1. The fourth-order valence-electron chi connectivity index (χ4n) is 2.77. The maximum atomic E-state index is 12.4. The van der Waals surface area contributed by atoms with Crippen LogP contribution in [-0.2, 0) is 17.8 Å². The Morgan fingerprint density at radius 2 is 1.68 bits per heavy atom. The van der Waals surface area contributed by atoms with Gasteiger partial charge in [-0.05, 0) is 42.0 Å². The van der Waals surface area contributed by atoms with E-state index in [9.17, 15) is 14.7 Å². The van der Waals surface area contributed by atoms with E-state index in [1.807, 2.05) is 0 Å². The number of nitrogens with zero attached hydrogens (tertiary/aromatic N) is 1. The van der Waals surface area contributed by atoms with E-state index in [4.69, 9.17) is 39.5 Å². The molecule has 6 nitrogen and oxygen atoms in total. The first-order chi connectivity index (χ1) is 14.8. The minimum Gasteiger partial charge on any atom is -0.489 e. The average molecular weight is 480 g/mol. The van der Waals surface area contributed by atoms with Crippen molar-refractivity contribution >= 4 is 46.7 Å². The molecular weight excluding hydrogens is 463 g/mol. The van der Waals surface area contributed by atoms with E-state index in [1.54, 1.807) is 48.5 Å². The number of hydrogen-bond acceptors (Lipinski definition) is 4. The van der Waals surface area contributed by atoms with Crippen LogP contribution in [0.5, 0.6) is 5.75 Å². The van der Waals surface area contributed by atoms with E-state index in [1.165, 1.54) is 12.3 Å². The van der Waals surface area contributed by atoms with Gasteiger partial charge in [-0.25, -0.2) is 9.78 Å². The van der Waals surface area contributed by atoms with Crippen LogP contribution in [0.15, 0.2) is 60.8 Å². The molecule has 0 fully saturated rings. The number of carboxylic acid groups (broad SMARTS) is 1. The number of aromatic nitrogens is 1. The van der Waals surface area contributed by atoms with E-state index in [2.05, 4.69) is 10.3 Å². The molecule has 1 unspecified atom stereocenters. The number of nitrogens with one attached hydrogen (secondary N) is 1. The predicted octanol–water partition coefficient (Wildman–Crippen LogP) is 5.05. The lowest BCUT2D eigenvalue weighted by Gasteiger charge is -2.15. The highest BCUT2D eigenvalue weighted by atomic mass is 35.5. The molecule has 0 saturated heterocycles. The third-order valence-corrected chi connectivity index (χ3v) is 5.42. The summed E-state index contributed by atoms with van der Waals surface area (Å²) in [6, 6.07) is 14.0. The quantitative estimate of drug-likeness (QED) is 0.442. The van der Waals surface area contributed by atoms with E-state index in [-0.39, 0.29) is 23.7 Å². The van der Waals surface area contributed by atoms with Gasteiger partial charge in [-0.3, -0.25) is 4.79 Å². The average Bonchev–Trinajstić information content (AvgIpc) is 2.74. The van der Waals surface area contributed by atoms with Crippen molar-refractivity contribution < 1.29 is 19.4 Å². The summed E-state index contributed by atoms with van der Waals surface area (Å²) >= 11 is 18.2. The lowest BCUT2D eigenvalue weighted by Crippen LogP contribution is -2.42. The molecular formula is C22H17Cl3N2O4. The normalized spacial score (nSPS) is 11.6. The molecule has 0 radical (unpaired) electrons. The molecule has 2 N–H and O–H groups in total. The summed E-state index contributed by atoms with van der Waals surface area (Å²) in [7, 11) is 0. The molecule has 31 heavy (non-hydrogen) atoms. The van der Waals surface area contributed by atoms with Gasteiger partial charge in [-0.2, -0.15) is 0 Å². The van der Waals surface area contributed by atoms with Crippen LogP contribution in [-0.4, -0.2) is 28.0 Å². The Balaban J connectivity index is 1.63. The number of halogens is 3. The molecule has 2 aromatic carbocycles. The number of carboxylic acids is 1. The van der Waals surface area contributed by atoms with Crippen molar-refractivity contribution in [3.8, 4) is 5.75 Å². The summed E-state index contributed by atoms with van der Waals surface area (Å²) in [5.74, 6) is -1.21. The number of amides is 1. The fraction of sp³-hybridized carbons (Fsp3) is 0.136. The molecule has 3 aromatic rings. The third-order valence-electron chi connectivity index (χ3n) is 4.42. The van der Waals surface area contributed by atoms with Crippen molar-refractivity contribution in [3.63, 3.8) is 0 Å². The number of aliphatic carboxylic acids is 1. The topological polar surface area (TPSA) is 88.5 Å². The van der Waals surface area contributed by atoms with Gasteiger partial charge in [0.05, 0.1) is 5.56 Å². The molecule has 0 spiro atoms. The predicted molar refractivity (Wildman–Crippen MR) is 119 cm³/mol. The summed E-state index contributed by atoms with van der Waals surface area (Å²) in [4.78, 5) is 27.8. The van der Waals surface area contributed by atoms with Crippen LogP contribution in [0.1, 0.15) is 21.5 Å². The zero-order chi connectivity index (χ0) is 22.4. The Hall–Kier alpha value is -2.80. The van der Waals surface area contributed by atoms with Crippen LogP contribution in [0.3, 0.4) is 0 Å². The van der Waals surface area contributed by atoms with Crippen LogP contribution >= 0.6 is 34.8 Å². The lowest BCUT2D eigenvalue weighted by molar-refractivity contribution is -0.139. The highest BCUT2D eigenvalue weighted by Crippen LogP contribution is 2.26. The Kier molecular flexibility index (Phi) is 7.74. The molecule has 3 rings (SSSR count). The van der Waals surface area contributed by atoms with Crippen LogP contribution in [0.2, 0.25) is 15.2 Å². The second kappa shape index (κ2) is 10.5. The first-order valence-corrected chi connectivity index (χ1v) is 10.3. The first kappa shape index (κ1) is 22.9. The smallest absolute Gasteiger partial charge is 0.326 e. The zero-order valence-corrected chi connectivity index (χ0v) is 18.3. The third kappa shape index (κ3) is 6.10. The number of hydrogen-bond donors (Lipinski definition) is 2. The summed E-state index contributed by atoms with van der Waals surface area (Å²) in [5.41, 5.74) is 1.49. The van der Waals surface area contributed by atoms with Crippen LogP contribution in [0, 0.1) is 0 Å². The minimum absolute atomic E-state index is 0.00395. The maximum absolute atomic E-state index is 12.4. The fourth-order valence-corrected chi connectivity index (χ4v) is 3.49. The number of benzene rings is 2. The van der Waals surface area contributed by atoms with Gasteiger partial charge in [-0.1, -0.05) is 53.0 Å². The monoisotopic (exact) mass is 478 g/mol. The van der Waals surface area contributed by atoms with Gasteiger partial charge < -0.3 is 15.2 Å². The maximum Gasteiger partial charge on any atom is 0.326 e. The molecule has 0 aliphatic heterocycles. The van der Waals surface area contributed by atoms with Crippen LogP contribution in [0.4, 0.5) is 0 Å². The van der Waals surface area contributed by atoms with Crippen molar-refractivity contribution in [2.24, 2.45) is 0 Å². The van der Waals surface area contributed by atoms with Crippen molar-refractivity contribution in [1.82, 2.24) is 10.3 Å². The molecule has 0 saturated carbocycles. The van der Waals surface area contributed by atoms with Crippen molar-refractivity contribution in [2.75, 3.05) is 0 Å². The van der Waals surface area contributed by atoms with Crippen LogP contribution in [0.25, 0.3) is 0 Å². The van der Waals surface area contributed by atoms with Gasteiger partial charge in [0.1, 0.15) is 23.6 Å². The summed E-state index contributed by atoms with van der Waals surface area (Å²) in [6.07, 6.45) is 1.52. The number of ether oxygens (including phenoxy) is 1. The Morgan fingerprint density at radius 3 is 2.29 bits per heavy atom. The largest absolute Gasteiger partial charge is 0.489 e. The second-order valence-corrected chi connectivity index (χ2v) is 7.72. The highest BCUT2D eigenvalue weighted by Gasteiger charge is 2.22. The molecule has 1 atom stereocenters. The molecule has 1 amide bonds. The Bertz CT molecular complexity index is 1070. The molecule has 0 aliphatic carbocycles. The van der Waals surface area contributed by atoms with E-state index in [0.29, 0.717) is 26.9 Å². The van der Waals surface area contributed by atoms with Gasteiger partial charge in [0.15, 0.2) is 0 Å². The SMILES string of the molecule is O=C(NC(Cc1ccc(OCc2c(Cl)cccc2Cl)cc1)C(=O)O)c1cccnc1Cl. The molecule has 0 aliphatic rings. The Labute approximate surface area is 193 Å². The van der Waals surface area contributed by atoms with Gasteiger partial charge in [0, 0.05) is 28.2 Å². The summed E-state index contributed by atoms with van der Waals surface area (Å²) < 4.78 is 5.72. The van der Waals surface area contributed by atoms with Crippen molar-refractivity contribution in [1.29, 1.82) is 0 Å². The van der Waals surface area contributed by atoms with Crippen LogP contribution < -0.4 is 10.1 Å². The van der Waals surface area contributed by atoms with E-state index >= 15 is 0 Å². The van der Waals surface area contributed by atoms with Gasteiger partial charge >= 0.3 is 5.97 Å². The van der Waals surface area contributed by atoms with Gasteiger partial charge in [0.2, 0.25) is 0 Å². The number of carbonyl (C=O) groups is 2. The molecule has 1 heterocycles. The van der Waals surface area contributed by atoms with E-state index < -0.39 is 17.9 Å². The lowest BCUT2D eigenvalue weighted by atomic mass is 10.1. The molecule has 160 valence electrons. The van der Waals surface area contributed by atoms with Crippen molar-refractivity contribution in [3.05, 3.63) is 92.7 Å². The van der Waals surface area contributed by atoms with E-state index in [0.717, 1.165) is 0 Å². The van der Waals surface area contributed by atoms with Gasteiger partial charge in [-0.15, -0.1) is 0 Å². The molecule has 9 heteroatoms. The van der Waals surface area contributed by atoms with Gasteiger partial charge in [0.25, 0.3) is 5.91 Å². The molecule has 0 bridgehead atoms. The Morgan fingerprint density at radius 1 is 1.00 bits per heavy atom.